The van der Waals surface area contributed by atoms with Crippen molar-refractivity contribution < 1.29 is 14.3 Å². The molecule has 2 atom stereocenters. The number of nitrogens with zero attached hydrogens (tertiary/aromatic N) is 1. The molecule has 0 fully saturated rings. The van der Waals surface area contributed by atoms with Gasteiger partial charge in [0.2, 0.25) is 0 Å². The van der Waals surface area contributed by atoms with E-state index in [2.05, 4.69) is 24.4 Å². The lowest BCUT2D eigenvalue weighted by Gasteiger charge is -2.33. The fraction of sp³-hybridized carbons (Fsp3) is 0.429. The van der Waals surface area contributed by atoms with E-state index in [1.165, 1.54) is 18.2 Å². The molecule has 34 heavy (non-hydrogen) atoms. The highest BCUT2D eigenvalue weighted by atomic mass is 35.5. The van der Waals surface area contributed by atoms with Crippen molar-refractivity contribution in [2.75, 3.05) is 13.7 Å². The number of nitrogens with one attached hydrogen (secondary N) is 1. The molecule has 2 aromatic carbocycles. The van der Waals surface area contributed by atoms with Gasteiger partial charge in [0.1, 0.15) is 6.17 Å². The molecular weight excluding hydrogens is 448 g/mol. The number of methoxy groups -OCH3 is 1. The molecule has 0 spiro atoms. The molecule has 180 valence electrons. The number of rotatable bonds is 9. The quantitative estimate of drug-likeness (QED) is 0.489. The lowest BCUT2D eigenvalue weighted by molar-refractivity contribution is -0.141. The summed E-state index contributed by atoms with van der Waals surface area (Å²) in [7, 11) is 1.42. The van der Waals surface area contributed by atoms with Gasteiger partial charge in [0.25, 0.3) is 5.91 Å². The Bertz CT molecular complexity index is 1060. The Morgan fingerprint density at radius 1 is 1.15 bits per heavy atom. The third-order valence-electron chi connectivity index (χ3n) is 6.99. The van der Waals surface area contributed by atoms with Crippen LogP contribution in [0.5, 0.6) is 0 Å². The van der Waals surface area contributed by atoms with E-state index in [-0.39, 0.29) is 30.5 Å². The Labute approximate surface area is 207 Å². The van der Waals surface area contributed by atoms with E-state index in [0.717, 1.165) is 55.2 Å². The third kappa shape index (κ3) is 5.37. The van der Waals surface area contributed by atoms with Crippen molar-refractivity contribution in [3.63, 3.8) is 0 Å². The molecule has 0 unspecified atom stereocenters. The topological polar surface area (TPSA) is 58.6 Å². The van der Waals surface area contributed by atoms with E-state index < -0.39 is 0 Å². The van der Waals surface area contributed by atoms with Gasteiger partial charge in [-0.2, -0.15) is 0 Å². The van der Waals surface area contributed by atoms with Crippen LogP contribution in [0.1, 0.15) is 61.8 Å². The fourth-order valence-electron chi connectivity index (χ4n) is 5.17. The smallest absolute Gasteiger partial charge is 0.307 e. The minimum atomic E-state index is -0.265. The summed E-state index contributed by atoms with van der Waals surface area (Å²) < 4.78 is 5.03. The third-order valence-corrected chi connectivity index (χ3v) is 7.25. The van der Waals surface area contributed by atoms with Crippen molar-refractivity contribution >= 4 is 23.5 Å². The minimum Gasteiger partial charge on any atom is -0.469 e. The molecule has 1 amide bonds. The van der Waals surface area contributed by atoms with Gasteiger partial charge in [0, 0.05) is 23.2 Å². The molecule has 0 bridgehead atoms. The normalized spacial score (nSPS) is 18.7. The average molecular weight is 481 g/mol. The van der Waals surface area contributed by atoms with Crippen LogP contribution in [0.15, 0.2) is 59.7 Å². The molecule has 5 nitrogen and oxygen atoms in total. The number of hydrogen-bond acceptors (Lipinski definition) is 4. The first-order valence-corrected chi connectivity index (χ1v) is 12.6. The first-order valence-electron chi connectivity index (χ1n) is 12.2. The largest absolute Gasteiger partial charge is 0.469 e. The zero-order valence-electron chi connectivity index (χ0n) is 20.0. The minimum absolute atomic E-state index is 0.127. The van der Waals surface area contributed by atoms with E-state index in [1.54, 1.807) is 0 Å². The van der Waals surface area contributed by atoms with Gasteiger partial charge in [-0.1, -0.05) is 54.9 Å². The number of aryl methyl sites for hydroxylation is 1. The number of halogens is 1. The molecular formula is C28H33ClN2O3. The summed E-state index contributed by atoms with van der Waals surface area (Å²) in [6.45, 7) is 2.72. The molecule has 0 saturated carbocycles. The number of ether oxygens (including phenoxy) is 1. The Kier molecular flexibility index (Phi) is 8.07. The molecule has 6 heteroatoms. The van der Waals surface area contributed by atoms with Crippen LogP contribution in [0.2, 0.25) is 5.02 Å². The van der Waals surface area contributed by atoms with Crippen molar-refractivity contribution in [1.29, 1.82) is 0 Å². The molecule has 2 aliphatic rings. The molecule has 0 aromatic heterocycles. The maximum atomic E-state index is 13.5. The zero-order valence-corrected chi connectivity index (χ0v) is 20.7. The van der Waals surface area contributed by atoms with Crippen LogP contribution in [0.3, 0.4) is 0 Å². The van der Waals surface area contributed by atoms with Gasteiger partial charge >= 0.3 is 5.97 Å². The number of benzene rings is 2. The number of carbonyl (C=O) groups is 2. The first kappa shape index (κ1) is 24.5. The van der Waals surface area contributed by atoms with Crippen LogP contribution in [0.25, 0.3) is 0 Å². The molecule has 1 aliphatic carbocycles. The van der Waals surface area contributed by atoms with Crippen LogP contribution in [-0.4, -0.2) is 36.6 Å². The summed E-state index contributed by atoms with van der Waals surface area (Å²) in [5.41, 5.74) is 5.57. The van der Waals surface area contributed by atoms with E-state index in [0.29, 0.717) is 11.6 Å². The van der Waals surface area contributed by atoms with Crippen LogP contribution in [-0.2, 0) is 27.2 Å². The molecule has 1 heterocycles. The summed E-state index contributed by atoms with van der Waals surface area (Å²) >= 11 is 6.04. The number of amides is 1. The van der Waals surface area contributed by atoms with Crippen LogP contribution in [0.4, 0.5) is 0 Å². The summed E-state index contributed by atoms with van der Waals surface area (Å²) in [4.78, 5) is 27.8. The molecule has 1 N–H and O–H groups in total. The summed E-state index contributed by atoms with van der Waals surface area (Å²) in [5.74, 6) is -0.139. The highest BCUT2D eigenvalue weighted by molar-refractivity contribution is 6.30. The molecule has 1 aliphatic heterocycles. The highest BCUT2D eigenvalue weighted by Gasteiger charge is 2.40. The van der Waals surface area contributed by atoms with Crippen molar-refractivity contribution in [2.45, 2.75) is 64.1 Å². The number of carbonyl (C=O) groups excluding carboxylic acids is 2. The number of hydrogen-bond donors (Lipinski definition) is 1. The average Bonchev–Trinajstić information content (AvgIpc) is 3.13. The van der Waals surface area contributed by atoms with Gasteiger partial charge in [0.15, 0.2) is 0 Å². The predicted molar refractivity (Wildman–Crippen MR) is 134 cm³/mol. The molecule has 2 aromatic rings. The van der Waals surface area contributed by atoms with Crippen molar-refractivity contribution in [3.05, 3.63) is 81.4 Å². The predicted octanol–water partition coefficient (Wildman–Crippen LogP) is 5.38. The second-order valence-electron chi connectivity index (χ2n) is 9.04. The fourth-order valence-corrected chi connectivity index (χ4v) is 5.30. The summed E-state index contributed by atoms with van der Waals surface area (Å²) in [6, 6.07) is 15.8. The van der Waals surface area contributed by atoms with Crippen LogP contribution in [0, 0.1) is 0 Å². The lowest BCUT2D eigenvalue weighted by Crippen LogP contribution is -2.48. The van der Waals surface area contributed by atoms with E-state index in [9.17, 15) is 9.59 Å². The van der Waals surface area contributed by atoms with E-state index in [4.69, 9.17) is 16.3 Å². The molecule has 4 rings (SSSR count). The Hall–Kier alpha value is -2.63. The Morgan fingerprint density at radius 2 is 1.88 bits per heavy atom. The number of esters is 1. The summed E-state index contributed by atoms with van der Waals surface area (Å²) in [5, 5.41) is 4.43. The van der Waals surface area contributed by atoms with Crippen molar-refractivity contribution in [1.82, 2.24) is 10.2 Å². The van der Waals surface area contributed by atoms with Gasteiger partial charge < -0.3 is 9.64 Å². The maximum Gasteiger partial charge on any atom is 0.307 e. The molecule has 0 radical (unpaired) electrons. The lowest BCUT2D eigenvalue weighted by atomic mass is 9.91. The van der Waals surface area contributed by atoms with Gasteiger partial charge in [-0.15, -0.1) is 0 Å². The van der Waals surface area contributed by atoms with E-state index in [1.807, 2.05) is 41.3 Å². The zero-order chi connectivity index (χ0) is 24.1. The van der Waals surface area contributed by atoms with Gasteiger partial charge in [-0.05, 0) is 72.9 Å². The SMILES string of the molecule is CCc1ccccc1[C@H](CC(=O)OC)N[C@@H]1C2=C(CCCC2)C(=O)N1CCc1ccc(Cl)cc1. The highest BCUT2D eigenvalue weighted by Crippen LogP contribution is 2.37. The molecule has 0 saturated heterocycles. The first-order chi connectivity index (χ1) is 16.5. The summed E-state index contributed by atoms with van der Waals surface area (Å²) in [6.07, 6.45) is 5.49. The van der Waals surface area contributed by atoms with Crippen LogP contribution < -0.4 is 5.32 Å². The Morgan fingerprint density at radius 3 is 2.62 bits per heavy atom. The second-order valence-corrected chi connectivity index (χ2v) is 9.48. The van der Waals surface area contributed by atoms with Gasteiger partial charge in [-0.3, -0.25) is 14.9 Å². The van der Waals surface area contributed by atoms with E-state index >= 15 is 0 Å². The van der Waals surface area contributed by atoms with Crippen molar-refractivity contribution in [3.8, 4) is 0 Å². The van der Waals surface area contributed by atoms with Gasteiger partial charge in [-0.25, -0.2) is 0 Å². The monoisotopic (exact) mass is 480 g/mol. The Balaban J connectivity index is 1.63. The maximum absolute atomic E-state index is 13.5. The van der Waals surface area contributed by atoms with Gasteiger partial charge in [0.05, 0.1) is 13.5 Å². The van der Waals surface area contributed by atoms with Crippen LogP contribution >= 0.6 is 11.6 Å². The second kappa shape index (κ2) is 11.2. The van der Waals surface area contributed by atoms with Crippen molar-refractivity contribution in [2.24, 2.45) is 0 Å². The standard InChI is InChI=1S/C28H33ClN2O3/c1-3-20-8-4-5-9-22(20)25(18-26(32)34-2)30-27-23-10-6-7-11-24(23)28(33)31(27)17-16-19-12-14-21(29)15-13-19/h4-5,8-9,12-15,25,27,30H,3,6-7,10-11,16-18H2,1-2H3/t25-,27-/m0/s1.